The number of aliphatic hydroxyl groups excluding tert-OH is 1. The highest BCUT2D eigenvalue weighted by molar-refractivity contribution is 5.74. The lowest BCUT2D eigenvalue weighted by atomic mass is 9.83. The number of morpholine rings is 1. The SMILES string of the molecule is C=CCOC(=O)N1[C@H](COC(C)=O)Cc2cc(C)c(OC)c(OCC=C)c2[C@@H]1C1COC(=O)CN1.C=CCOC(=O)N1[C@H](COC(C)=O)Cc2cc(C)c(OC)c(OCC=C)c2[C@@H]1[C@@H](N)CO. The maximum absolute atomic E-state index is 13.4. The third kappa shape index (κ3) is 12.9. The molecule has 2 amide bonds. The molecule has 0 aliphatic carbocycles. The van der Waals surface area contributed by atoms with Gasteiger partial charge in [-0.05, 0) is 48.9 Å². The number of rotatable bonds is 19. The highest BCUT2D eigenvalue weighted by atomic mass is 16.6. The first kappa shape index (κ1) is 53.0. The molecule has 0 spiro atoms. The van der Waals surface area contributed by atoms with Crippen LogP contribution in [-0.4, -0.2) is 143 Å². The minimum absolute atomic E-state index is 0.000677. The van der Waals surface area contributed by atoms with E-state index in [0.29, 0.717) is 47.0 Å². The molecule has 1 saturated heterocycles. The van der Waals surface area contributed by atoms with Crippen LogP contribution in [0.3, 0.4) is 0 Å². The van der Waals surface area contributed by atoms with Crippen LogP contribution >= 0.6 is 0 Å². The summed E-state index contributed by atoms with van der Waals surface area (Å²) in [5.41, 5.74) is 11.1. The van der Waals surface area contributed by atoms with Crippen LogP contribution in [0.1, 0.15) is 59.3 Å². The number of amides is 2. The zero-order valence-corrected chi connectivity index (χ0v) is 39.2. The number of nitrogens with zero attached hydrogens (tertiary/aromatic N) is 2. The fraction of sp³-hybridized carbons (Fsp3) is 0.479. The molecule has 2 aromatic rings. The van der Waals surface area contributed by atoms with Crippen LogP contribution in [0.25, 0.3) is 0 Å². The summed E-state index contributed by atoms with van der Waals surface area (Å²) in [4.78, 5) is 64.3. The number of cyclic esters (lactones) is 1. The number of fused-ring (bicyclic) bond motifs is 2. The van der Waals surface area contributed by atoms with Gasteiger partial charge in [0.25, 0.3) is 0 Å². The van der Waals surface area contributed by atoms with Gasteiger partial charge in [-0.3, -0.25) is 29.5 Å². The fourth-order valence-electron chi connectivity index (χ4n) is 8.47. The van der Waals surface area contributed by atoms with Crippen molar-refractivity contribution >= 4 is 30.1 Å². The number of ether oxygens (including phenoxy) is 9. The monoisotopic (exact) mass is 936 g/mol. The number of carbonyl (C=O) groups is 5. The Kier molecular flexibility index (Phi) is 20.1. The van der Waals surface area contributed by atoms with Crippen molar-refractivity contribution < 1.29 is 71.7 Å². The third-order valence-corrected chi connectivity index (χ3v) is 11.0. The number of aliphatic hydroxyl groups is 1. The Balaban J connectivity index is 0.000000294. The first-order valence-electron chi connectivity index (χ1n) is 21.6. The minimum atomic E-state index is -0.872. The van der Waals surface area contributed by atoms with Gasteiger partial charge in [0.2, 0.25) is 0 Å². The second-order valence-corrected chi connectivity index (χ2v) is 15.7. The molecule has 1 unspecified atom stereocenters. The summed E-state index contributed by atoms with van der Waals surface area (Å²) < 4.78 is 49.9. The van der Waals surface area contributed by atoms with E-state index in [-0.39, 0.29) is 58.8 Å². The van der Waals surface area contributed by atoms with Crippen LogP contribution in [0.15, 0.2) is 62.8 Å². The van der Waals surface area contributed by atoms with Crippen molar-refractivity contribution in [2.45, 2.75) is 76.8 Å². The summed E-state index contributed by atoms with van der Waals surface area (Å²) in [5.74, 6) is 0.595. The van der Waals surface area contributed by atoms with E-state index < -0.39 is 67.0 Å². The van der Waals surface area contributed by atoms with Crippen molar-refractivity contribution in [3.8, 4) is 23.0 Å². The predicted molar refractivity (Wildman–Crippen MR) is 245 cm³/mol. The Bertz CT molecular complexity index is 2130. The van der Waals surface area contributed by atoms with Gasteiger partial charge in [-0.25, -0.2) is 9.59 Å². The largest absolute Gasteiger partial charge is 0.493 e. The van der Waals surface area contributed by atoms with E-state index in [1.165, 1.54) is 42.9 Å². The van der Waals surface area contributed by atoms with Crippen LogP contribution in [0.2, 0.25) is 0 Å². The van der Waals surface area contributed by atoms with Gasteiger partial charge in [0, 0.05) is 25.0 Å². The molecule has 0 aromatic heterocycles. The zero-order chi connectivity index (χ0) is 49.4. The van der Waals surface area contributed by atoms with Crippen molar-refractivity contribution in [3.05, 3.63) is 96.1 Å². The normalized spacial score (nSPS) is 19.8. The van der Waals surface area contributed by atoms with E-state index in [1.807, 2.05) is 26.0 Å². The van der Waals surface area contributed by atoms with Crippen LogP contribution in [0, 0.1) is 13.8 Å². The number of carbonyl (C=O) groups excluding carboxylic acids is 5. The van der Waals surface area contributed by atoms with E-state index in [0.717, 1.165) is 22.3 Å². The summed E-state index contributed by atoms with van der Waals surface area (Å²) in [6, 6.07) is -0.0528. The van der Waals surface area contributed by atoms with Crippen LogP contribution in [0.4, 0.5) is 9.59 Å². The number of esters is 3. The minimum Gasteiger partial charge on any atom is -0.493 e. The number of hydrogen-bond donors (Lipinski definition) is 3. The maximum Gasteiger partial charge on any atom is 0.411 e. The Morgan fingerprint density at radius 3 is 1.66 bits per heavy atom. The van der Waals surface area contributed by atoms with E-state index in [1.54, 1.807) is 19.3 Å². The van der Waals surface area contributed by atoms with E-state index in [2.05, 4.69) is 31.6 Å². The van der Waals surface area contributed by atoms with Gasteiger partial charge in [0.15, 0.2) is 23.0 Å². The molecule has 4 N–H and O–H groups in total. The van der Waals surface area contributed by atoms with Gasteiger partial charge >= 0.3 is 30.1 Å². The Labute approximate surface area is 391 Å². The average molecular weight is 937 g/mol. The van der Waals surface area contributed by atoms with Crippen LogP contribution < -0.4 is 30.0 Å². The molecule has 0 bridgehead atoms. The van der Waals surface area contributed by atoms with Crippen molar-refractivity contribution in [2.75, 3.05) is 73.6 Å². The van der Waals surface area contributed by atoms with E-state index in [9.17, 15) is 29.1 Å². The van der Waals surface area contributed by atoms with Gasteiger partial charge in [0.05, 0.1) is 63.6 Å². The number of nitrogens with two attached hydrogens (primary N) is 1. The summed E-state index contributed by atoms with van der Waals surface area (Å²) >= 11 is 0. The maximum atomic E-state index is 13.4. The summed E-state index contributed by atoms with van der Waals surface area (Å²) in [6.45, 7) is 20.9. The Morgan fingerprint density at radius 2 is 1.22 bits per heavy atom. The summed E-state index contributed by atoms with van der Waals surface area (Å²) in [5, 5.41) is 13.1. The highest BCUT2D eigenvalue weighted by Crippen LogP contribution is 2.49. The fourth-order valence-corrected chi connectivity index (χ4v) is 8.47. The van der Waals surface area contributed by atoms with Gasteiger partial charge in [0.1, 0.15) is 46.2 Å². The summed E-state index contributed by atoms with van der Waals surface area (Å²) in [6.07, 6.45) is 5.57. The zero-order valence-electron chi connectivity index (χ0n) is 39.2. The number of benzene rings is 2. The second kappa shape index (κ2) is 25.4. The van der Waals surface area contributed by atoms with Gasteiger partial charge in [-0.1, -0.05) is 62.8 Å². The molecule has 6 atom stereocenters. The van der Waals surface area contributed by atoms with Crippen molar-refractivity contribution in [3.63, 3.8) is 0 Å². The third-order valence-electron chi connectivity index (χ3n) is 11.0. The quantitative estimate of drug-likeness (QED) is 0.101. The van der Waals surface area contributed by atoms with Crippen LogP contribution in [0.5, 0.6) is 23.0 Å². The topological polar surface area (TPSA) is 233 Å². The van der Waals surface area contributed by atoms with Crippen molar-refractivity contribution in [2.24, 2.45) is 5.73 Å². The second-order valence-electron chi connectivity index (χ2n) is 15.7. The summed E-state index contributed by atoms with van der Waals surface area (Å²) in [7, 11) is 3.08. The molecule has 3 heterocycles. The smallest absolute Gasteiger partial charge is 0.411 e. The molecule has 0 radical (unpaired) electrons. The molecule has 2 aromatic carbocycles. The lowest BCUT2D eigenvalue weighted by Gasteiger charge is -2.46. The molecule has 3 aliphatic rings. The van der Waals surface area contributed by atoms with Crippen molar-refractivity contribution in [1.82, 2.24) is 15.1 Å². The molecule has 366 valence electrons. The average Bonchev–Trinajstić information content (AvgIpc) is 3.30. The van der Waals surface area contributed by atoms with Gasteiger partial charge < -0.3 is 53.5 Å². The standard InChI is InChI=1S/C25H32N2O8.C23H32N2O7/c1-6-8-32-24-21-17(10-15(3)23(24)31-5)11-18(13-34-16(4)28)27(25(30)33-9-7-2)22(21)19-14-35-20(29)12-26-19;1-6-8-30-22-19-16(10-14(3)21(22)29-5)11-17(13-32-15(4)27)25(20(19)18(24)12-26)23(28)31-9-7-2/h6-7,10,18-19,22,26H,1-2,8-9,11-14H2,3-5H3;6-7,10,17-18,20,26H,1-2,8-9,11-13,24H2,3-5H3/t18-,19?,22-;17-,18-,20-/m00/s1. The predicted octanol–water partition coefficient (Wildman–Crippen LogP) is 4.28. The molecule has 19 nitrogen and oxygen atoms in total. The molecule has 0 saturated carbocycles. The lowest BCUT2D eigenvalue weighted by molar-refractivity contribution is -0.149. The van der Waals surface area contributed by atoms with Crippen LogP contribution in [-0.2, 0) is 50.9 Å². The molecular formula is C48H64N4O15. The van der Waals surface area contributed by atoms with Crippen molar-refractivity contribution in [1.29, 1.82) is 0 Å². The molecule has 5 rings (SSSR count). The number of hydrogen-bond acceptors (Lipinski definition) is 17. The number of aryl methyl sites for hydroxylation is 2. The molecule has 19 heteroatoms. The number of methoxy groups -OCH3 is 2. The first-order valence-corrected chi connectivity index (χ1v) is 21.6. The van der Waals surface area contributed by atoms with Gasteiger partial charge in [-0.15, -0.1) is 0 Å². The lowest BCUT2D eigenvalue weighted by Crippen LogP contribution is -2.59. The van der Waals surface area contributed by atoms with E-state index >= 15 is 0 Å². The van der Waals surface area contributed by atoms with Gasteiger partial charge in [-0.2, -0.15) is 0 Å². The number of nitrogens with one attached hydrogen (secondary N) is 1. The molecule has 67 heavy (non-hydrogen) atoms. The molecule has 3 aliphatic heterocycles. The van der Waals surface area contributed by atoms with E-state index in [4.69, 9.17) is 48.4 Å². The Hall–Kier alpha value is -6.57. The molecule has 1 fully saturated rings. The Morgan fingerprint density at radius 1 is 0.761 bits per heavy atom. The first-order chi connectivity index (χ1) is 32.1. The highest BCUT2D eigenvalue weighted by Gasteiger charge is 2.47. The molecular weight excluding hydrogens is 873 g/mol.